The highest BCUT2D eigenvalue weighted by molar-refractivity contribution is 6.28. The van der Waals surface area contributed by atoms with Crippen molar-refractivity contribution in [2.75, 3.05) is 9.80 Å². The number of anilines is 6. The molecule has 10 aromatic rings. The van der Waals surface area contributed by atoms with Gasteiger partial charge < -0.3 is 9.80 Å². The van der Waals surface area contributed by atoms with E-state index in [1.54, 1.807) is 0 Å². The highest BCUT2D eigenvalue weighted by Gasteiger charge is 2.22. The fourth-order valence-electron chi connectivity index (χ4n) is 8.08. The van der Waals surface area contributed by atoms with Gasteiger partial charge in [0.15, 0.2) is 0 Å². The molecular formula is C52H36N2. The molecule has 0 aromatic heterocycles. The summed E-state index contributed by atoms with van der Waals surface area (Å²) in [5.74, 6) is 0. The second-order valence-electron chi connectivity index (χ2n) is 13.8. The van der Waals surface area contributed by atoms with E-state index in [1.807, 2.05) is 0 Å². The van der Waals surface area contributed by atoms with E-state index < -0.39 is 0 Å². The van der Waals surface area contributed by atoms with Crippen LogP contribution in [0.25, 0.3) is 54.6 Å². The topological polar surface area (TPSA) is 6.48 Å². The van der Waals surface area contributed by atoms with Gasteiger partial charge in [0.2, 0.25) is 0 Å². The quantitative estimate of drug-likeness (QED) is 0.147. The molecule has 2 heteroatoms. The predicted molar refractivity (Wildman–Crippen MR) is 230 cm³/mol. The molecule has 0 bridgehead atoms. The first kappa shape index (κ1) is 31.6. The second kappa shape index (κ2) is 13.4. The normalized spacial score (nSPS) is 11.3. The lowest BCUT2D eigenvalue weighted by Gasteiger charge is -2.29. The van der Waals surface area contributed by atoms with E-state index >= 15 is 0 Å². The van der Waals surface area contributed by atoms with Gasteiger partial charge in [-0.15, -0.1) is 0 Å². The van der Waals surface area contributed by atoms with Gasteiger partial charge in [0.05, 0.1) is 11.4 Å². The number of rotatable bonds is 8. The Morgan fingerprint density at radius 2 is 0.574 bits per heavy atom. The summed E-state index contributed by atoms with van der Waals surface area (Å²) in [5, 5.41) is 7.44. The van der Waals surface area contributed by atoms with Crippen LogP contribution in [0.1, 0.15) is 0 Å². The monoisotopic (exact) mass is 688 g/mol. The van der Waals surface area contributed by atoms with Crippen LogP contribution >= 0.6 is 0 Å². The van der Waals surface area contributed by atoms with E-state index in [1.165, 1.54) is 54.6 Å². The van der Waals surface area contributed by atoms with Crippen LogP contribution < -0.4 is 9.80 Å². The second-order valence-corrected chi connectivity index (χ2v) is 13.8. The summed E-state index contributed by atoms with van der Waals surface area (Å²) in [7, 11) is 0. The van der Waals surface area contributed by atoms with Crippen molar-refractivity contribution in [2.24, 2.45) is 0 Å². The summed E-state index contributed by atoms with van der Waals surface area (Å²) in [4.78, 5) is 4.81. The minimum Gasteiger partial charge on any atom is -0.310 e. The Morgan fingerprint density at radius 1 is 0.241 bits per heavy atom. The molecule has 0 spiro atoms. The molecule has 0 radical (unpaired) electrons. The maximum Gasteiger partial charge on any atom is 0.0540 e. The molecule has 0 saturated heterocycles. The van der Waals surface area contributed by atoms with Crippen LogP contribution in [0.4, 0.5) is 34.1 Å². The Labute approximate surface area is 315 Å². The van der Waals surface area contributed by atoms with Crippen molar-refractivity contribution in [3.63, 3.8) is 0 Å². The van der Waals surface area contributed by atoms with Crippen molar-refractivity contribution in [3.05, 3.63) is 218 Å². The van der Waals surface area contributed by atoms with Gasteiger partial charge >= 0.3 is 0 Å². The van der Waals surface area contributed by atoms with Crippen molar-refractivity contribution in [2.45, 2.75) is 0 Å². The van der Waals surface area contributed by atoms with Crippen LogP contribution in [-0.4, -0.2) is 0 Å². The van der Waals surface area contributed by atoms with Gasteiger partial charge in [0.25, 0.3) is 0 Å². The van der Waals surface area contributed by atoms with Crippen molar-refractivity contribution in [3.8, 4) is 22.3 Å². The van der Waals surface area contributed by atoms with E-state index in [-0.39, 0.29) is 0 Å². The summed E-state index contributed by atoms with van der Waals surface area (Å²) in [6.45, 7) is 0. The number of benzene rings is 10. The molecular weight excluding hydrogens is 653 g/mol. The minimum absolute atomic E-state index is 1.12. The van der Waals surface area contributed by atoms with Crippen LogP contribution in [-0.2, 0) is 0 Å². The van der Waals surface area contributed by atoms with Crippen LogP contribution in [0, 0.1) is 0 Å². The minimum atomic E-state index is 1.12. The average molecular weight is 689 g/mol. The van der Waals surface area contributed by atoms with Crippen LogP contribution in [0.3, 0.4) is 0 Å². The fraction of sp³-hybridized carbons (Fsp3) is 0. The summed E-state index contributed by atoms with van der Waals surface area (Å²) in [5.41, 5.74) is 11.5. The standard InChI is InChI=1S/C52H36N2/c1-5-15-37(16-6-1)41-19-13-25-45(35-41)53(43-21-9-3-10-22-43)49-33-29-39-28-32-48-50(34-30-40-27-31-47(49)51(39)52(40)48)54(44-23-11-4-12-24-44)46-26-14-20-42(36-46)38-17-7-2-8-18-38/h1-36H. The molecule has 0 fully saturated rings. The Balaban J connectivity index is 1.19. The zero-order valence-electron chi connectivity index (χ0n) is 29.7. The van der Waals surface area contributed by atoms with E-state index in [9.17, 15) is 0 Å². The van der Waals surface area contributed by atoms with E-state index in [4.69, 9.17) is 0 Å². The highest BCUT2D eigenvalue weighted by Crippen LogP contribution is 2.48. The molecule has 10 aromatic carbocycles. The summed E-state index contributed by atoms with van der Waals surface area (Å²) >= 11 is 0. The fourth-order valence-corrected chi connectivity index (χ4v) is 8.08. The van der Waals surface area contributed by atoms with Gasteiger partial charge in [-0.2, -0.15) is 0 Å². The largest absolute Gasteiger partial charge is 0.310 e. The zero-order valence-corrected chi connectivity index (χ0v) is 29.7. The molecule has 0 aliphatic heterocycles. The summed E-state index contributed by atoms with van der Waals surface area (Å²) in [6.07, 6.45) is 0. The molecule has 0 N–H and O–H groups in total. The Morgan fingerprint density at radius 3 is 0.981 bits per heavy atom. The maximum absolute atomic E-state index is 2.41. The lowest BCUT2D eigenvalue weighted by molar-refractivity contribution is 1.30. The smallest absolute Gasteiger partial charge is 0.0540 e. The molecule has 0 aliphatic carbocycles. The Bertz CT molecular complexity index is 2670. The van der Waals surface area contributed by atoms with Gasteiger partial charge in [-0.1, -0.05) is 158 Å². The van der Waals surface area contributed by atoms with Gasteiger partial charge in [-0.25, -0.2) is 0 Å². The number of hydrogen-bond donors (Lipinski definition) is 0. The van der Waals surface area contributed by atoms with Crippen molar-refractivity contribution in [1.29, 1.82) is 0 Å². The third-order valence-corrected chi connectivity index (χ3v) is 10.6. The van der Waals surface area contributed by atoms with Crippen molar-refractivity contribution >= 4 is 66.4 Å². The molecule has 0 aliphatic rings. The molecule has 0 amide bonds. The molecule has 0 heterocycles. The Kier molecular flexibility index (Phi) is 7.85. The molecule has 0 atom stereocenters. The lowest BCUT2D eigenvalue weighted by Crippen LogP contribution is -2.11. The average Bonchev–Trinajstić information content (AvgIpc) is 3.25. The predicted octanol–water partition coefficient (Wildman–Crippen LogP) is 14.9. The maximum atomic E-state index is 2.41. The lowest BCUT2D eigenvalue weighted by atomic mass is 9.91. The highest BCUT2D eigenvalue weighted by atomic mass is 15.1. The van der Waals surface area contributed by atoms with Crippen molar-refractivity contribution < 1.29 is 0 Å². The van der Waals surface area contributed by atoms with Gasteiger partial charge in [0, 0.05) is 33.5 Å². The molecule has 254 valence electrons. The van der Waals surface area contributed by atoms with Crippen molar-refractivity contribution in [1.82, 2.24) is 0 Å². The molecule has 0 unspecified atom stereocenters. The summed E-state index contributed by atoms with van der Waals surface area (Å²) in [6, 6.07) is 78.9. The van der Waals surface area contributed by atoms with Crippen LogP contribution in [0.5, 0.6) is 0 Å². The number of hydrogen-bond acceptors (Lipinski definition) is 2. The Hall–Kier alpha value is -7.16. The van der Waals surface area contributed by atoms with E-state index in [0.717, 1.165) is 34.1 Å². The molecule has 2 nitrogen and oxygen atoms in total. The molecule has 0 saturated carbocycles. The SMILES string of the molecule is c1ccc(-c2cccc(N(c3ccccc3)c3ccc4ccc5c(N(c6ccccc6)c6cccc(-c7ccccc7)c6)ccc6ccc3c4c65)c2)cc1. The van der Waals surface area contributed by atoms with E-state index in [0.29, 0.717) is 0 Å². The van der Waals surface area contributed by atoms with Gasteiger partial charge in [-0.05, 0) is 104 Å². The first-order chi connectivity index (χ1) is 26.8. The number of para-hydroxylation sites is 2. The third kappa shape index (κ3) is 5.53. The molecule has 10 rings (SSSR count). The van der Waals surface area contributed by atoms with Crippen LogP contribution in [0.2, 0.25) is 0 Å². The first-order valence-corrected chi connectivity index (χ1v) is 18.5. The number of nitrogens with zero attached hydrogens (tertiary/aromatic N) is 2. The molecule has 54 heavy (non-hydrogen) atoms. The zero-order chi connectivity index (χ0) is 35.8. The first-order valence-electron chi connectivity index (χ1n) is 18.5. The summed E-state index contributed by atoms with van der Waals surface area (Å²) < 4.78 is 0. The van der Waals surface area contributed by atoms with Gasteiger partial charge in [0.1, 0.15) is 0 Å². The van der Waals surface area contributed by atoms with E-state index in [2.05, 4.69) is 228 Å². The van der Waals surface area contributed by atoms with Crippen LogP contribution in [0.15, 0.2) is 218 Å². The third-order valence-electron chi connectivity index (χ3n) is 10.6. The van der Waals surface area contributed by atoms with Gasteiger partial charge in [-0.3, -0.25) is 0 Å².